The van der Waals surface area contributed by atoms with E-state index in [4.69, 9.17) is 14.2 Å². The van der Waals surface area contributed by atoms with E-state index in [-0.39, 0.29) is 29.3 Å². The molecular formula is C20H22O6. The van der Waals surface area contributed by atoms with Crippen molar-refractivity contribution in [1.29, 1.82) is 0 Å². The third kappa shape index (κ3) is 3.69. The predicted octanol–water partition coefficient (Wildman–Crippen LogP) is 2.69. The van der Waals surface area contributed by atoms with E-state index in [9.17, 15) is 15.0 Å². The molecule has 138 valence electrons. The Morgan fingerprint density at radius 2 is 1.65 bits per heavy atom. The normalized spacial score (nSPS) is 19.2. The quantitative estimate of drug-likeness (QED) is 0.610. The lowest BCUT2D eigenvalue weighted by Gasteiger charge is -2.16. The second-order valence-electron chi connectivity index (χ2n) is 6.42. The maximum atomic E-state index is 12.2. The van der Waals surface area contributed by atoms with Crippen LogP contribution >= 0.6 is 0 Å². The number of cyclic esters (lactones) is 1. The molecule has 26 heavy (non-hydrogen) atoms. The van der Waals surface area contributed by atoms with E-state index in [1.54, 1.807) is 20.3 Å². The van der Waals surface area contributed by atoms with Gasteiger partial charge < -0.3 is 24.4 Å². The highest BCUT2D eigenvalue weighted by Gasteiger charge is 2.37. The molecule has 2 aromatic rings. The second-order valence-corrected chi connectivity index (χ2v) is 6.42. The number of hydrogen-bond donors (Lipinski definition) is 2. The first kappa shape index (κ1) is 17.9. The molecule has 1 aliphatic heterocycles. The topological polar surface area (TPSA) is 85.2 Å². The molecule has 1 saturated heterocycles. The molecule has 0 saturated carbocycles. The Labute approximate surface area is 151 Å². The van der Waals surface area contributed by atoms with Crippen LogP contribution in [0, 0.1) is 11.8 Å². The Hall–Kier alpha value is -2.89. The second kappa shape index (κ2) is 7.56. The average molecular weight is 358 g/mol. The molecule has 2 aromatic carbocycles. The molecule has 1 aliphatic rings. The number of aromatic hydroxyl groups is 2. The van der Waals surface area contributed by atoms with Crippen molar-refractivity contribution in [3.8, 4) is 23.0 Å². The van der Waals surface area contributed by atoms with Gasteiger partial charge in [-0.05, 0) is 48.2 Å². The first-order valence-electron chi connectivity index (χ1n) is 8.40. The molecule has 0 radical (unpaired) electrons. The summed E-state index contributed by atoms with van der Waals surface area (Å²) < 4.78 is 15.8. The van der Waals surface area contributed by atoms with E-state index in [1.807, 2.05) is 18.2 Å². The van der Waals surface area contributed by atoms with Crippen LogP contribution in [0.1, 0.15) is 11.1 Å². The number of methoxy groups -OCH3 is 2. The van der Waals surface area contributed by atoms with Gasteiger partial charge in [0.1, 0.15) is 0 Å². The van der Waals surface area contributed by atoms with Crippen LogP contribution < -0.4 is 9.47 Å². The Bertz CT molecular complexity index is 801. The average Bonchev–Trinajstić information content (AvgIpc) is 2.98. The fraction of sp³-hybridized carbons (Fsp3) is 0.350. The van der Waals surface area contributed by atoms with Gasteiger partial charge in [-0.15, -0.1) is 0 Å². The zero-order valence-corrected chi connectivity index (χ0v) is 14.8. The summed E-state index contributed by atoms with van der Waals surface area (Å²) in [5.41, 5.74) is 1.81. The fourth-order valence-electron chi connectivity index (χ4n) is 3.32. The lowest BCUT2D eigenvalue weighted by Crippen LogP contribution is -2.20. The number of rotatable bonds is 6. The van der Waals surface area contributed by atoms with Crippen molar-refractivity contribution < 1.29 is 29.2 Å². The monoisotopic (exact) mass is 358 g/mol. The minimum Gasteiger partial charge on any atom is -0.504 e. The number of esters is 1. The summed E-state index contributed by atoms with van der Waals surface area (Å²) in [5.74, 6) is 0.452. The molecule has 0 aliphatic carbocycles. The SMILES string of the molecule is COc1ccc(C[C@H]2C(=O)OC[C@@H]2Cc2ccc(O)c(O)c2)cc1OC. The molecule has 6 heteroatoms. The van der Waals surface area contributed by atoms with Crippen molar-refractivity contribution in [2.24, 2.45) is 11.8 Å². The number of phenolic OH excluding ortho intramolecular Hbond substituents is 2. The number of carbonyl (C=O) groups is 1. The molecule has 0 amide bonds. The lowest BCUT2D eigenvalue weighted by molar-refractivity contribution is -0.141. The van der Waals surface area contributed by atoms with Crippen molar-refractivity contribution >= 4 is 5.97 Å². The van der Waals surface area contributed by atoms with Crippen molar-refractivity contribution in [2.75, 3.05) is 20.8 Å². The molecule has 1 heterocycles. The molecule has 0 aromatic heterocycles. The molecule has 0 unspecified atom stereocenters. The molecule has 0 bridgehead atoms. The van der Waals surface area contributed by atoms with E-state index in [1.165, 1.54) is 12.1 Å². The number of hydrogen-bond acceptors (Lipinski definition) is 6. The van der Waals surface area contributed by atoms with Crippen LogP contribution in [-0.2, 0) is 22.4 Å². The number of benzene rings is 2. The van der Waals surface area contributed by atoms with Crippen LogP contribution in [0.5, 0.6) is 23.0 Å². The third-order valence-electron chi connectivity index (χ3n) is 4.75. The van der Waals surface area contributed by atoms with Gasteiger partial charge in [0, 0.05) is 5.92 Å². The predicted molar refractivity (Wildman–Crippen MR) is 94.7 cm³/mol. The highest BCUT2D eigenvalue weighted by molar-refractivity contribution is 5.75. The lowest BCUT2D eigenvalue weighted by atomic mass is 9.85. The largest absolute Gasteiger partial charge is 0.504 e. The van der Waals surface area contributed by atoms with Crippen molar-refractivity contribution in [3.63, 3.8) is 0 Å². The molecular weight excluding hydrogens is 336 g/mol. The summed E-state index contributed by atoms with van der Waals surface area (Å²) in [7, 11) is 3.15. The van der Waals surface area contributed by atoms with E-state index in [2.05, 4.69) is 0 Å². The number of carbonyl (C=O) groups excluding carboxylic acids is 1. The fourth-order valence-corrected chi connectivity index (χ4v) is 3.32. The maximum Gasteiger partial charge on any atom is 0.309 e. The Morgan fingerprint density at radius 1 is 0.962 bits per heavy atom. The van der Waals surface area contributed by atoms with Crippen molar-refractivity contribution in [3.05, 3.63) is 47.5 Å². The maximum absolute atomic E-state index is 12.2. The summed E-state index contributed by atoms with van der Waals surface area (Å²) in [5, 5.41) is 19.1. The molecule has 1 fully saturated rings. The van der Waals surface area contributed by atoms with Gasteiger partial charge in [0.15, 0.2) is 23.0 Å². The summed E-state index contributed by atoms with van der Waals surface area (Å²) in [6.07, 6.45) is 1.12. The standard InChI is InChI=1S/C20H22O6/c1-24-18-6-4-13(10-19(18)25-2)8-15-14(11-26-20(15)23)7-12-3-5-16(21)17(22)9-12/h3-6,9-10,14-15,21-22H,7-8,11H2,1-2H3/t14-,15+/m0/s1. The van der Waals surface area contributed by atoms with Crippen LogP contribution in [-0.4, -0.2) is 37.0 Å². The van der Waals surface area contributed by atoms with Gasteiger partial charge in [-0.25, -0.2) is 0 Å². The van der Waals surface area contributed by atoms with E-state index >= 15 is 0 Å². The van der Waals surface area contributed by atoms with Gasteiger partial charge in [-0.2, -0.15) is 0 Å². The van der Waals surface area contributed by atoms with Crippen molar-refractivity contribution in [1.82, 2.24) is 0 Å². The van der Waals surface area contributed by atoms with E-state index < -0.39 is 0 Å². The molecule has 2 atom stereocenters. The highest BCUT2D eigenvalue weighted by Crippen LogP contribution is 2.34. The summed E-state index contributed by atoms with van der Waals surface area (Å²) in [4.78, 5) is 12.2. The van der Waals surface area contributed by atoms with Crippen LogP contribution in [0.4, 0.5) is 0 Å². The summed E-state index contributed by atoms with van der Waals surface area (Å²) >= 11 is 0. The van der Waals surface area contributed by atoms with Gasteiger partial charge in [0.25, 0.3) is 0 Å². The minimum absolute atomic E-state index is 0.000426. The smallest absolute Gasteiger partial charge is 0.309 e. The molecule has 3 rings (SSSR count). The van der Waals surface area contributed by atoms with Crippen LogP contribution in [0.3, 0.4) is 0 Å². The van der Waals surface area contributed by atoms with Crippen LogP contribution in [0.15, 0.2) is 36.4 Å². The summed E-state index contributed by atoms with van der Waals surface area (Å²) in [6.45, 7) is 0.346. The minimum atomic E-state index is -0.274. The van der Waals surface area contributed by atoms with E-state index in [0.29, 0.717) is 30.9 Å². The number of ether oxygens (including phenoxy) is 3. The molecule has 6 nitrogen and oxygen atoms in total. The Morgan fingerprint density at radius 3 is 2.35 bits per heavy atom. The van der Waals surface area contributed by atoms with Crippen LogP contribution in [0.2, 0.25) is 0 Å². The first-order valence-corrected chi connectivity index (χ1v) is 8.40. The first-order chi connectivity index (χ1) is 12.5. The highest BCUT2D eigenvalue weighted by atomic mass is 16.5. The summed E-state index contributed by atoms with van der Waals surface area (Å²) in [6, 6.07) is 10.3. The Balaban J connectivity index is 1.76. The molecule has 0 spiro atoms. The van der Waals surface area contributed by atoms with Gasteiger partial charge in [0.05, 0.1) is 26.7 Å². The number of phenols is 2. The zero-order valence-electron chi connectivity index (χ0n) is 14.8. The molecule has 2 N–H and O–H groups in total. The van der Waals surface area contributed by atoms with Crippen LogP contribution in [0.25, 0.3) is 0 Å². The van der Waals surface area contributed by atoms with Gasteiger partial charge in [0.2, 0.25) is 0 Å². The van der Waals surface area contributed by atoms with Crippen molar-refractivity contribution in [2.45, 2.75) is 12.8 Å². The third-order valence-corrected chi connectivity index (χ3v) is 4.75. The van der Waals surface area contributed by atoms with Gasteiger partial charge in [-0.1, -0.05) is 12.1 Å². The Kier molecular flexibility index (Phi) is 5.21. The zero-order chi connectivity index (χ0) is 18.7. The van der Waals surface area contributed by atoms with Gasteiger partial charge >= 0.3 is 5.97 Å². The van der Waals surface area contributed by atoms with Gasteiger partial charge in [-0.3, -0.25) is 4.79 Å². The van der Waals surface area contributed by atoms with E-state index in [0.717, 1.165) is 11.1 Å².